The van der Waals surface area contributed by atoms with Crippen molar-refractivity contribution in [3.8, 4) is 5.75 Å². The highest BCUT2D eigenvalue weighted by molar-refractivity contribution is 7.91. The number of carbonyl (C=O) groups excluding carboxylic acids is 2. The average Bonchev–Trinajstić information content (AvgIpc) is 2.61. The Hall–Kier alpha value is -1.51. The van der Waals surface area contributed by atoms with E-state index in [2.05, 4.69) is 5.32 Å². The van der Waals surface area contributed by atoms with E-state index in [0.717, 1.165) is 0 Å². The van der Waals surface area contributed by atoms with E-state index >= 15 is 0 Å². The summed E-state index contributed by atoms with van der Waals surface area (Å²) in [6, 6.07) is 4.35. The predicted molar refractivity (Wildman–Crippen MR) is 104 cm³/mol. The van der Waals surface area contributed by atoms with Gasteiger partial charge in [-0.1, -0.05) is 29.3 Å². The summed E-state index contributed by atoms with van der Waals surface area (Å²) >= 11 is 11.9. The summed E-state index contributed by atoms with van der Waals surface area (Å²) < 4.78 is 28.3. The maximum Gasteiger partial charge on any atom is 0.244 e. The zero-order chi connectivity index (χ0) is 20.0. The van der Waals surface area contributed by atoms with E-state index in [-0.39, 0.29) is 49.4 Å². The highest BCUT2D eigenvalue weighted by Crippen LogP contribution is 2.31. The number of amides is 2. The monoisotopic (exact) mass is 436 g/mol. The van der Waals surface area contributed by atoms with Crippen LogP contribution in [0.2, 0.25) is 10.0 Å². The van der Waals surface area contributed by atoms with Gasteiger partial charge >= 0.3 is 0 Å². The van der Waals surface area contributed by atoms with E-state index in [9.17, 15) is 18.0 Å². The van der Waals surface area contributed by atoms with Gasteiger partial charge in [0.05, 0.1) is 23.1 Å². The van der Waals surface area contributed by atoms with Crippen molar-refractivity contribution in [3.63, 3.8) is 0 Å². The third-order valence-electron chi connectivity index (χ3n) is 4.13. The topological polar surface area (TPSA) is 92.8 Å². The molecule has 10 heteroatoms. The summed E-state index contributed by atoms with van der Waals surface area (Å²) in [6.45, 7) is 2.19. The van der Waals surface area contributed by atoms with Crippen LogP contribution in [0.5, 0.6) is 5.75 Å². The molecule has 150 valence electrons. The molecule has 1 saturated heterocycles. The van der Waals surface area contributed by atoms with E-state index in [0.29, 0.717) is 22.2 Å². The van der Waals surface area contributed by atoms with Crippen LogP contribution in [-0.2, 0) is 19.4 Å². The van der Waals surface area contributed by atoms with Crippen LogP contribution in [0.1, 0.15) is 19.8 Å². The van der Waals surface area contributed by atoms with Crippen molar-refractivity contribution < 1.29 is 22.7 Å². The van der Waals surface area contributed by atoms with Gasteiger partial charge in [0.1, 0.15) is 16.8 Å². The van der Waals surface area contributed by atoms with Crippen molar-refractivity contribution in [1.82, 2.24) is 10.2 Å². The van der Waals surface area contributed by atoms with Gasteiger partial charge in [-0.15, -0.1) is 0 Å². The van der Waals surface area contributed by atoms with Crippen LogP contribution in [0, 0.1) is 0 Å². The first-order chi connectivity index (χ1) is 12.7. The van der Waals surface area contributed by atoms with Gasteiger partial charge in [0.15, 0.2) is 9.84 Å². The molecule has 0 bridgehead atoms. The summed E-state index contributed by atoms with van der Waals surface area (Å²) in [4.78, 5) is 25.8. The zero-order valence-corrected chi connectivity index (χ0v) is 17.2. The maximum atomic E-state index is 12.3. The number of nitrogens with one attached hydrogen (secondary N) is 1. The first-order valence-electron chi connectivity index (χ1n) is 8.55. The Morgan fingerprint density at radius 3 is 2.59 bits per heavy atom. The largest absolute Gasteiger partial charge is 0.492 e. The van der Waals surface area contributed by atoms with Gasteiger partial charge in [-0.3, -0.25) is 9.59 Å². The summed E-state index contributed by atoms with van der Waals surface area (Å²) in [5.41, 5.74) is 0. The molecule has 27 heavy (non-hydrogen) atoms. The second kappa shape index (κ2) is 9.61. The van der Waals surface area contributed by atoms with Gasteiger partial charge in [-0.05, 0) is 25.5 Å². The molecule has 0 aliphatic carbocycles. The number of rotatable bonds is 7. The number of benzene rings is 1. The number of nitrogens with zero attached hydrogens (tertiary/aromatic N) is 1. The third kappa shape index (κ3) is 6.55. The molecule has 1 aromatic carbocycles. The molecule has 0 spiro atoms. The van der Waals surface area contributed by atoms with Crippen molar-refractivity contribution in [2.24, 2.45) is 0 Å². The highest BCUT2D eigenvalue weighted by atomic mass is 35.5. The first-order valence-corrected chi connectivity index (χ1v) is 11.1. The molecule has 2 amide bonds. The van der Waals surface area contributed by atoms with E-state index in [4.69, 9.17) is 27.9 Å². The van der Waals surface area contributed by atoms with E-state index in [1.54, 1.807) is 25.1 Å². The minimum Gasteiger partial charge on any atom is -0.492 e. The van der Waals surface area contributed by atoms with Gasteiger partial charge < -0.3 is 15.0 Å². The molecule has 1 atom stereocenters. The van der Waals surface area contributed by atoms with Crippen LogP contribution in [0.3, 0.4) is 0 Å². The number of sulfone groups is 1. The fourth-order valence-corrected chi connectivity index (χ4v) is 4.14. The average molecular weight is 437 g/mol. The molecular formula is C17H22Cl2N2O5S. The number of ether oxygens (including phenoxy) is 1. The number of halogens is 2. The Kier molecular flexibility index (Phi) is 7.76. The quantitative estimate of drug-likeness (QED) is 0.658. The van der Waals surface area contributed by atoms with E-state index in [1.807, 2.05) is 0 Å². The van der Waals surface area contributed by atoms with E-state index < -0.39 is 15.9 Å². The fraction of sp³-hybridized carbons (Fsp3) is 0.529. The molecular weight excluding hydrogens is 415 g/mol. The van der Waals surface area contributed by atoms with Crippen LogP contribution in [0.4, 0.5) is 0 Å². The number of hydrogen-bond acceptors (Lipinski definition) is 5. The smallest absolute Gasteiger partial charge is 0.244 e. The van der Waals surface area contributed by atoms with Gasteiger partial charge in [-0.2, -0.15) is 0 Å². The number of carbonyl (C=O) groups is 2. The Balaban J connectivity index is 1.70. The summed E-state index contributed by atoms with van der Waals surface area (Å²) in [7, 11) is -3.05. The molecule has 0 radical (unpaired) electrons. The fourth-order valence-electron chi connectivity index (χ4n) is 2.59. The molecule has 7 nitrogen and oxygen atoms in total. The molecule has 1 aliphatic rings. The van der Waals surface area contributed by atoms with Crippen molar-refractivity contribution >= 4 is 44.9 Å². The van der Waals surface area contributed by atoms with Crippen molar-refractivity contribution in [2.45, 2.75) is 25.8 Å². The molecule has 1 heterocycles. The maximum absolute atomic E-state index is 12.3. The molecule has 1 aromatic rings. The molecule has 0 saturated carbocycles. The molecule has 2 rings (SSSR count). The van der Waals surface area contributed by atoms with Crippen molar-refractivity contribution in [1.29, 1.82) is 0 Å². The van der Waals surface area contributed by atoms with Gasteiger partial charge in [0, 0.05) is 19.5 Å². The lowest BCUT2D eigenvalue weighted by Gasteiger charge is -2.29. The van der Waals surface area contributed by atoms with Crippen LogP contribution < -0.4 is 10.1 Å². The van der Waals surface area contributed by atoms with Crippen LogP contribution >= 0.6 is 23.2 Å². The van der Waals surface area contributed by atoms with Crippen molar-refractivity contribution in [2.75, 3.05) is 31.2 Å². The van der Waals surface area contributed by atoms with Crippen LogP contribution in [0.15, 0.2) is 18.2 Å². The van der Waals surface area contributed by atoms with Crippen molar-refractivity contribution in [3.05, 3.63) is 28.2 Å². The van der Waals surface area contributed by atoms with E-state index in [1.165, 1.54) is 4.90 Å². The minimum absolute atomic E-state index is 0.0389. The second-order valence-electron chi connectivity index (χ2n) is 6.27. The normalized spacial score (nSPS) is 17.2. The molecule has 0 aromatic heterocycles. The number of hydrogen-bond donors (Lipinski definition) is 1. The lowest BCUT2D eigenvalue weighted by molar-refractivity contribution is -0.135. The molecule has 1 N–H and O–H groups in total. The lowest BCUT2D eigenvalue weighted by Crippen LogP contribution is -2.51. The molecule has 1 fully saturated rings. The van der Waals surface area contributed by atoms with Crippen LogP contribution in [-0.4, -0.2) is 62.4 Å². The van der Waals surface area contributed by atoms with Gasteiger partial charge in [-0.25, -0.2) is 8.42 Å². The SMILES string of the molecule is CC(NC(=O)CCCOc1cccc(Cl)c1Cl)C(=O)N1CCS(=O)(=O)CC1. The standard InChI is InChI=1S/C17H22Cl2N2O5S/c1-12(17(23)21-7-10-27(24,25)11-8-21)20-15(22)6-3-9-26-14-5-2-4-13(18)16(14)19/h2,4-5,12H,3,6-11H2,1H3,(H,20,22). The Morgan fingerprint density at radius 1 is 1.26 bits per heavy atom. The van der Waals surface area contributed by atoms with Gasteiger partial charge in [0.2, 0.25) is 11.8 Å². The highest BCUT2D eigenvalue weighted by Gasteiger charge is 2.28. The van der Waals surface area contributed by atoms with Crippen LogP contribution in [0.25, 0.3) is 0 Å². The zero-order valence-electron chi connectivity index (χ0n) is 14.9. The molecule has 1 unspecified atom stereocenters. The Morgan fingerprint density at radius 2 is 1.93 bits per heavy atom. The summed E-state index contributed by atoms with van der Waals surface area (Å²) in [5, 5.41) is 3.35. The third-order valence-corrected chi connectivity index (χ3v) is 6.54. The Labute approximate surface area is 168 Å². The van der Waals surface area contributed by atoms with Gasteiger partial charge in [0.25, 0.3) is 0 Å². The second-order valence-corrected chi connectivity index (χ2v) is 9.36. The first kappa shape index (κ1) is 21.8. The Bertz CT molecular complexity index is 787. The predicted octanol–water partition coefficient (Wildman–Crippen LogP) is 1.91. The molecule has 1 aliphatic heterocycles. The summed E-state index contributed by atoms with van der Waals surface area (Å²) in [5.74, 6) is -0.180. The summed E-state index contributed by atoms with van der Waals surface area (Å²) in [6.07, 6.45) is 0.627. The lowest BCUT2D eigenvalue weighted by atomic mass is 10.2. The minimum atomic E-state index is -3.05.